The van der Waals surface area contributed by atoms with Gasteiger partial charge in [0.25, 0.3) is 0 Å². The molecule has 1 aliphatic rings. The van der Waals surface area contributed by atoms with Crippen LogP contribution in [0, 0.1) is 5.92 Å². The topological polar surface area (TPSA) is 90.4 Å². The summed E-state index contributed by atoms with van der Waals surface area (Å²) in [6, 6.07) is 0. The van der Waals surface area contributed by atoms with Crippen LogP contribution in [0.25, 0.3) is 0 Å². The Hall–Kier alpha value is -1.66. The number of hydrogen-bond donors (Lipinski definition) is 2. The van der Waals surface area contributed by atoms with E-state index in [0.29, 0.717) is 12.3 Å². The summed E-state index contributed by atoms with van der Waals surface area (Å²) in [6.07, 6.45) is 12.9. The number of aromatic nitrogens is 2. The summed E-state index contributed by atoms with van der Waals surface area (Å²) < 4.78 is 2.01. The highest BCUT2D eigenvalue weighted by Crippen LogP contribution is 2.31. The van der Waals surface area contributed by atoms with Crippen molar-refractivity contribution in [3.8, 4) is 0 Å². The third kappa shape index (κ3) is 4.68. The fourth-order valence-corrected chi connectivity index (χ4v) is 2.90. The first-order chi connectivity index (χ1) is 10.2. The van der Waals surface area contributed by atoms with Gasteiger partial charge in [0.15, 0.2) is 6.10 Å². The average molecular weight is 293 g/mol. The van der Waals surface area contributed by atoms with Gasteiger partial charge in [-0.05, 0) is 18.8 Å². The molecular formula is C15H23N3O3. The van der Waals surface area contributed by atoms with Crippen LogP contribution in [0.2, 0.25) is 0 Å². The first-order valence-corrected chi connectivity index (χ1v) is 7.43. The Labute approximate surface area is 124 Å². The zero-order valence-corrected chi connectivity index (χ0v) is 12.1. The number of aliphatic carboxylic acids is 1. The van der Waals surface area contributed by atoms with E-state index in [1.807, 2.05) is 16.8 Å². The Bertz CT molecular complexity index is 465. The molecule has 21 heavy (non-hydrogen) atoms. The molecule has 3 N–H and O–H groups in total. The maximum Gasteiger partial charge on any atom is 0.335 e. The van der Waals surface area contributed by atoms with E-state index in [-0.39, 0.29) is 0 Å². The first kappa shape index (κ1) is 15.7. The van der Waals surface area contributed by atoms with Crippen molar-refractivity contribution in [3.05, 3.63) is 30.4 Å². The summed E-state index contributed by atoms with van der Waals surface area (Å²) in [5, 5.41) is 9.00. The second kappa shape index (κ2) is 7.95. The van der Waals surface area contributed by atoms with Crippen molar-refractivity contribution >= 4 is 5.97 Å². The Morgan fingerprint density at radius 3 is 2.81 bits per heavy atom. The molecule has 116 valence electrons. The van der Waals surface area contributed by atoms with Gasteiger partial charge in [0.2, 0.25) is 0 Å². The van der Waals surface area contributed by atoms with E-state index in [9.17, 15) is 4.79 Å². The smallest absolute Gasteiger partial charge is 0.335 e. The number of hydrogen-bond acceptors (Lipinski definition) is 4. The second-order valence-corrected chi connectivity index (χ2v) is 5.55. The number of nitrogens with zero attached hydrogens (tertiary/aromatic N) is 2. The highest BCUT2D eigenvalue weighted by atomic mass is 16.6. The van der Waals surface area contributed by atoms with Gasteiger partial charge in [0.1, 0.15) is 0 Å². The third-order valence-corrected chi connectivity index (χ3v) is 4.09. The zero-order chi connectivity index (χ0) is 15.1. The fraction of sp³-hybridized carbons (Fsp3) is 0.600. The first-order valence-electron chi connectivity index (χ1n) is 7.43. The summed E-state index contributed by atoms with van der Waals surface area (Å²) in [7, 11) is 0. The van der Waals surface area contributed by atoms with Gasteiger partial charge < -0.3 is 9.67 Å². The van der Waals surface area contributed by atoms with Crippen molar-refractivity contribution in [2.24, 2.45) is 11.8 Å². The van der Waals surface area contributed by atoms with Crippen LogP contribution >= 0.6 is 0 Å². The number of carboxylic acids is 1. The molecule has 1 aromatic heterocycles. The van der Waals surface area contributed by atoms with Crippen molar-refractivity contribution in [3.63, 3.8) is 0 Å². The fourth-order valence-electron chi connectivity index (χ4n) is 2.90. The molecule has 0 aromatic carbocycles. The van der Waals surface area contributed by atoms with E-state index >= 15 is 0 Å². The molecule has 0 radical (unpaired) electrons. The lowest BCUT2D eigenvalue weighted by Crippen LogP contribution is -2.26. The minimum atomic E-state index is -1.03. The van der Waals surface area contributed by atoms with E-state index in [2.05, 4.69) is 9.82 Å². The van der Waals surface area contributed by atoms with Crippen LogP contribution in [0.5, 0.6) is 0 Å². The van der Waals surface area contributed by atoms with Gasteiger partial charge in [-0.3, -0.25) is 4.84 Å². The SMILES string of the molecule is NOC(C/C=C(/Cn1ccnc1)C1CCCCC1)C(=O)O. The molecule has 1 atom stereocenters. The van der Waals surface area contributed by atoms with Gasteiger partial charge in [-0.1, -0.05) is 30.9 Å². The number of carbonyl (C=O) groups is 1. The van der Waals surface area contributed by atoms with Crippen LogP contribution in [0.1, 0.15) is 38.5 Å². The monoisotopic (exact) mass is 293 g/mol. The van der Waals surface area contributed by atoms with Crippen molar-refractivity contribution in [2.75, 3.05) is 0 Å². The van der Waals surface area contributed by atoms with E-state index in [1.165, 1.54) is 37.7 Å². The molecule has 1 fully saturated rings. The molecule has 0 saturated heterocycles. The lowest BCUT2D eigenvalue weighted by Gasteiger charge is -2.25. The minimum absolute atomic E-state index is 0.298. The summed E-state index contributed by atoms with van der Waals surface area (Å²) in [4.78, 5) is 19.6. The molecule has 6 heteroatoms. The van der Waals surface area contributed by atoms with Crippen LogP contribution in [-0.4, -0.2) is 26.7 Å². The lowest BCUT2D eigenvalue weighted by atomic mass is 9.83. The number of imidazole rings is 1. The van der Waals surface area contributed by atoms with Gasteiger partial charge in [-0.2, -0.15) is 0 Å². The standard InChI is InChI=1S/C15H23N3O3/c16-21-14(15(19)20)7-6-13(10-18-9-8-17-11-18)12-4-2-1-3-5-12/h6,8-9,11-12,14H,1-5,7,10,16H2,(H,19,20)/b13-6-. The normalized spacial score (nSPS) is 18.6. The molecule has 1 aliphatic carbocycles. The van der Waals surface area contributed by atoms with Crippen molar-refractivity contribution < 1.29 is 14.7 Å². The van der Waals surface area contributed by atoms with Crippen LogP contribution in [0.15, 0.2) is 30.4 Å². The van der Waals surface area contributed by atoms with Gasteiger partial charge in [0.05, 0.1) is 6.33 Å². The molecule has 0 spiro atoms. The number of rotatable bonds is 7. The summed E-state index contributed by atoms with van der Waals surface area (Å²) in [6.45, 7) is 0.752. The summed E-state index contributed by atoms with van der Waals surface area (Å²) in [5.41, 5.74) is 1.26. The molecule has 1 saturated carbocycles. The number of allylic oxidation sites excluding steroid dienone is 1. The van der Waals surface area contributed by atoms with Crippen LogP contribution in [0.4, 0.5) is 0 Å². The Kier molecular flexibility index (Phi) is 5.95. The molecular weight excluding hydrogens is 270 g/mol. The predicted molar refractivity (Wildman–Crippen MR) is 78.2 cm³/mol. The number of carboxylic acid groups (broad SMARTS) is 1. The molecule has 0 bridgehead atoms. The zero-order valence-electron chi connectivity index (χ0n) is 12.1. The van der Waals surface area contributed by atoms with E-state index in [4.69, 9.17) is 11.0 Å². The number of nitrogens with two attached hydrogens (primary N) is 1. The Balaban J connectivity index is 2.07. The quantitative estimate of drug-likeness (QED) is 0.593. The van der Waals surface area contributed by atoms with Gasteiger partial charge in [-0.15, -0.1) is 0 Å². The maximum atomic E-state index is 11.0. The van der Waals surface area contributed by atoms with Gasteiger partial charge >= 0.3 is 5.97 Å². The van der Waals surface area contributed by atoms with Crippen LogP contribution < -0.4 is 5.90 Å². The summed E-state index contributed by atoms with van der Waals surface area (Å²) >= 11 is 0. The maximum absolute atomic E-state index is 11.0. The summed E-state index contributed by atoms with van der Waals surface area (Å²) in [5.74, 6) is 4.54. The average Bonchev–Trinajstić information content (AvgIpc) is 3.00. The van der Waals surface area contributed by atoms with Crippen molar-refractivity contribution in [1.29, 1.82) is 0 Å². The molecule has 0 amide bonds. The van der Waals surface area contributed by atoms with E-state index in [1.54, 1.807) is 12.5 Å². The minimum Gasteiger partial charge on any atom is -0.479 e. The largest absolute Gasteiger partial charge is 0.479 e. The van der Waals surface area contributed by atoms with E-state index in [0.717, 1.165) is 6.54 Å². The molecule has 1 heterocycles. The van der Waals surface area contributed by atoms with Gasteiger partial charge in [-0.25, -0.2) is 15.7 Å². The van der Waals surface area contributed by atoms with Crippen LogP contribution in [0.3, 0.4) is 0 Å². The Morgan fingerprint density at radius 1 is 1.48 bits per heavy atom. The molecule has 1 unspecified atom stereocenters. The second-order valence-electron chi connectivity index (χ2n) is 5.55. The van der Waals surface area contributed by atoms with E-state index < -0.39 is 12.1 Å². The Morgan fingerprint density at radius 2 is 2.24 bits per heavy atom. The molecule has 1 aromatic rings. The van der Waals surface area contributed by atoms with Crippen molar-refractivity contribution in [2.45, 2.75) is 51.2 Å². The highest BCUT2D eigenvalue weighted by molar-refractivity contribution is 5.72. The predicted octanol–water partition coefficient (Wildman–Crippen LogP) is 2.12. The van der Waals surface area contributed by atoms with Gasteiger partial charge in [0, 0.05) is 25.4 Å². The molecule has 0 aliphatic heterocycles. The lowest BCUT2D eigenvalue weighted by molar-refractivity contribution is -0.150. The highest BCUT2D eigenvalue weighted by Gasteiger charge is 2.20. The van der Waals surface area contributed by atoms with Crippen molar-refractivity contribution in [1.82, 2.24) is 9.55 Å². The third-order valence-electron chi connectivity index (χ3n) is 4.09. The molecule has 2 rings (SSSR count). The van der Waals surface area contributed by atoms with Crippen LogP contribution in [-0.2, 0) is 16.2 Å². The molecule has 6 nitrogen and oxygen atoms in total.